The first kappa shape index (κ1) is 18.1. The molecule has 0 bridgehead atoms. The molecule has 0 aromatic carbocycles. The van der Waals surface area contributed by atoms with Crippen LogP contribution in [0, 0.1) is 6.92 Å². The van der Waals surface area contributed by atoms with E-state index in [0.717, 1.165) is 22.0 Å². The predicted molar refractivity (Wildman–Crippen MR) is 97.8 cm³/mol. The fourth-order valence-corrected chi connectivity index (χ4v) is 3.43. The number of amides is 2. The van der Waals surface area contributed by atoms with Crippen LogP contribution in [0.3, 0.4) is 0 Å². The fourth-order valence-electron chi connectivity index (χ4n) is 2.33. The van der Waals surface area contributed by atoms with Gasteiger partial charge in [-0.05, 0) is 20.3 Å². The van der Waals surface area contributed by atoms with Crippen LogP contribution in [0.2, 0.25) is 0 Å². The second-order valence-electron chi connectivity index (χ2n) is 5.78. The van der Waals surface area contributed by atoms with Crippen molar-refractivity contribution in [1.82, 2.24) is 19.9 Å². The number of rotatable bonds is 5. The van der Waals surface area contributed by atoms with Gasteiger partial charge in [-0.15, -0.1) is 11.3 Å². The number of anilines is 2. The van der Waals surface area contributed by atoms with Gasteiger partial charge in [-0.2, -0.15) is 0 Å². The first-order valence-corrected chi connectivity index (χ1v) is 8.64. The van der Waals surface area contributed by atoms with Crippen LogP contribution in [0.1, 0.15) is 35.5 Å². The molecule has 1 N–H and O–H groups in total. The highest BCUT2D eigenvalue weighted by Crippen LogP contribution is 2.29. The van der Waals surface area contributed by atoms with Gasteiger partial charge < -0.3 is 15.1 Å². The van der Waals surface area contributed by atoms with Gasteiger partial charge in [-0.25, -0.2) is 19.7 Å². The summed E-state index contributed by atoms with van der Waals surface area (Å²) in [7, 11) is 5.53. The number of hydrogen-bond acceptors (Lipinski definition) is 6. The minimum Gasteiger partial charge on any atom is -0.361 e. The number of nitrogens with one attached hydrogen (secondary N) is 1. The van der Waals surface area contributed by atoms with Crippen molar-refractivity contribution >= 4 is 28.9 Å². The molecule has 2 amide bonds. The number of nitrogens with zero attached hydrogens (tertiary/aromatic N) is 5. The van der Waals surface area contributed by atoms with Gasteiger partial charge >= 0.3 is 6.03 Å². The highest BCUT2D eigenvalue weighted by atomic mass is 32.1. The molecule has 0 fully saturated rings. The summed E-state index contributed by atoms with van der Waals surface area (Å²) in [6.45, 7) is 6.08. The van der Waals surface area contributed by atoms with Crippen LogP contribution in [-0.4, -0.2) is 47.0 Å². The van der Waals surface area contributed by atoms with E-state index in [1.807, 2.05) is 32.8 Å². The summed E-state index contributed by atoms with van der Waals surface area (Å²) in [6, 6.07) is -0.263. The molecule has 0 aliphatic heterocycles. The normalized spacial score (nSPS) is 11.9. The largest absolute Gasteiger partial charge is 0.361 e. The van der Waals surface area contributed by atoms with Gasteiger partial charge in [0, 0.05) is 26.0 Å². The molecule has 0 spiro atoms. The summed E-state index contributed by atoms with van der Waals surface area (Å²) < 4.78 is 0. The zero-order valence-electron chi connectivity index (χ0n) is 15.0. The van der Waals surface area contributed by atoms with E-state index >= 15 is 0 Å². The molecular weight excluding hydrogens is 324 g/mol. The van der Waals surface area contributed by atoms with Gasteiger partial charge in [0.05, 0.1) is 22.9 Å². The van der Waals surface area contributed by atoms with E-state index in [0.29, 0.717) is 11.5 Å². The second kappa shape index (κ2) is 7.57. The molecule has 0 aliphatic carbocycles. The van der Waals surface area contributed by atoms with Crippen LogP contribution in [0.5, 0.6) is 0 Å². The zero-order chi connectivity index (χ0) is 17.9. The minimum absolute atomic E-state index is 0.0600. The predicted octanol–water partition coefficient (Wildman–Crippen LogP) is 3.09. The number of hydrogen-bond donors (Lipinski definition) is 1. The van der Waals surface area contributed by atoms with Gasteiger partial charge in [-0.1, -0.05) is 6.92 Å². The molecule has 2 aromatic heterocycles. The molecule has 1 unspecified atom stereocenters. The second-order valence-corrected chi connectivity index (χ2v) is 6.90. The van der Waals surface area contributed by atoms with Crippen LogP contribution in [0.15, 0.2) is 12.5 Å². The lowest BCUT2D eigenvalue weighted by Gasteiger charge is -2.25. The summed E-state index contributed by atoms with van der Waals surface area (Å²) >= 11 is 1.66. The van der Waals surface area contributed by atoms with E-state index in [9.17, 15) is 4.79 Å². The maximum atomic E-state index is 12.6. The monoisotopic (exact) mass is 348 g/mol. The molecule has 0 saturated carbocycles. The maximum Gasteiger partial charge on any atom is 0.322 e. The van der Waals surface area contributed by atoms with E-state index in [4.69, 9.17) is 0 Å². The van der Waals surface area contributed by atoms with Crippen molar-refractivity contribution in [1.29, 1.82) is 0 Å². The quantitative estimate of drug-likeness (QED) is 0.899. The van der Waals surface area contributed by atoms with E-state index in [2.05, 4.69) is 27.2 Å². The molecule has 2 aromatic rings. The topological polar surface area (TPSA) is 74.2 Å². The van der Waals surface area contributed by atoms with Crippen molar-refractivity contribution in [2.24, 2.45) is 0 Å². The van der Waals surface area contributed by atoms with Gasteiger partial charge in [-0.3, -0.25) is 0 Å². The third kappa shape index (κ3) is 3.81. The molecule has 0 aliphatic rings. The molecule has 0 radical (unpaired) electrons. The third-order valence-corrected chi connectivity index (χ3v) is 5.29. The maximum absolute atomic E-state index is 12.6. The summed E-state index contributed by atoms with van der Waals surface area (Å²) in [6.07, 6.45) is 3.97. The van der Waals surface area contributed by atoms with Crippen LogP contribution in [0.4, 0.5) is 16.3 Å². The SMILES string of the molecule is CCc1nc(C)c(C(C)N(C)C(=O)Nc2cncnc2N(C)C)s1. The lowest BCUT2D eigenvalue weighted by Crippen LogP contribution is -2.34. The molecule has 2 heterocycles. The summed E-state index contributed by atoms with van der Waals surface area (Å²) in [4.78, 5) is 30.0. The first-order valence-electron chi connectivity index (χ1n) is 7.82. The van der Waals surface area contributed by atoms with Gasteiger partial charge in [0.1, 0.15) is 12.0 Å². The van der Waals surface area contributed by atoms with Gasteiger partial charge in [0.25, 0.3) is 0 Å². The average Bonchev–Trinajstić information content (AvgIpc) is 2.94. The average molecular weight is 348 g/mol. The van der Waals surface area contributed by atoms with E-state index < -0.39 is 0 Å². The fraction of sp³-hybridized carbons (Fsp3) is 0.500. The summed E-state index contributed by atoms with van der Waals surface area (Å²) in [5.74, 6) is 0.668. The lowest BCUT2D eigenvalue weighted by atomic mass is 10.2. The standard InChI is InChI=1S/C16H24N6OS/c1-7-13-19-10(2)14(24-13)11(3)22(6)16(23)20-12-8-17-9-18-15(12)21(4)5/h8-9,11H,7H2,1-6H3,(H,20,23). The summed E-state index contributed by atoms with van der Waals surface area (Å²) in [5.41, 5.74) is 1.57. The van der Waals surface area contributed by atoms with Crippen molar-refractivity contribution in [2.45, 2.75) is 33.2 Å². The van der Waals surface area contributed by atoms with Gasteiger partial charge in [0.15, 0.2) is 5.82 Å². The number of carbonyl (C=O) groups is 1. The summed E-state index contributed by atoms with van der Waals surface area (Å²) in [5, 5.41) is 3.98. The molecule has 2 rings (SSSR count). The Morgan fingerprint density at radius 2 is 2.08 bits per heavy atom. The highest BCUT2D eigenvalue weighted by Gasteiger charge is 2.22. The van der Waals surface area contributed by atoms with Gasteiger partial charge in [0.2, 0.25) is 0 Å². The van der Waals surface area contributed by atoms with Crippen LogP contribution in [-0.2, 0) is 6.42 Å². The van der Waals surface area contributed by atoms with Crippen LogP contribution < -0.4 is 10.2 Å². The Kier molecular flexibility index (Phi) is 5.71. The Morgan fingerprint density at radius 1 is 1.38 bits per heavy atom. The molecule has 24 heavy (non-hydrogen) atoms. The smallest absolute Gasteiger partial charge is 0.322 e. The van der Waals surface area contributed by atoms with Crippen LogP contribution in [0.25, 0.3) is 0 Å². The molecule has 7 nitrogen and oxygen atoms in total. The highest BCUT2D eigenvalue weighted by molar-refractivity contribution is 7.11. The number of carbonyl (C=O) groups excluding carboxylic acids is 1. The lowest BCUT2D eigenvalue weighted by molar-refractivity contribution is 0.209. The Bertz CT molecular complexity index is 714. The molecular formula is C16H24N6OS. The Labute approximate surface area is 146 Å². The van der Waals surface area contributed by atoms with Crippen molar-refractivity contribution in [3.63, 3.8) is 0 Å². The number of aryl methyl sites for hydroxylation is 2. The van der Waals surface area contributed by atoms with E-state index in [1.54, 1.807) is 29.5 Å². The number of aromatic nitrogens is 3. The van der Waals surface area contributed by atoms with Crippen molar-refractivity contribution in [3.8, 4) is 0 Å². The Morgan fingerprint density at radius 3 is 2.67 bits per heavy atom. The number of thiazole rings is 1. The molecule has 130 valence electrons. The Balaban J connectivity index is 2.16. The van der Waals surface area contributed by atoms with E-state index in [-0.39, 0.29) is 12.1 Å². The minimum atomic E-state index is -0.203. The number of urea groups is 1. The molecule has 1 atom stereocenters. The first-order chi connectivity index (χ1) is 11.3. The third-order valence-electron chi connectivity index (χ3n) is 3.82. The zero-order valence-corrected chi connectivity index (χ0v) is 15.8. The van der Waals surface area contributed by atoms with Crippen molar-refractivity contribution in [2.75, 3.05) is 31.4 Å². The molecule has 8 heteroatoms. The van der Waals surface area contributed by atoms with Crippen LogP contribution >= 0.6 is 11.3 Å². The van der Waals surface area contributed by atoms with Crippen molar-refractivity contribution in [3.05, 3.63) is 28.1 Å². The van der Waals surface area contributed by atoms with E-state index in [1.165, 1.54) is 6.33 Å². The van der Waals surface area contributed by atoms with Crippen molar-refractivity contribution < 1.29 is 4.79 Å². The molecule has 0 saturated heterocycles. The Hall–Kier alpha value is -2.22.